The molecule has 28 heavy (non-hydrogen) atoms. The zero-order chi connectivity index (χ0) is 19.7. The van der Waals surface area contributed by atoms with E-state index in [9.17, 15) is 18.0 Å². The van der Waals surface area contributed by atoms with Gasteiger partial charge in [0, 0.05) is 18.2 Å². The van der Waals surface area contributed by atoms with Gasteiger partial charge < -0.3 is 14.2 Å². The van der Waals surface area contributed by atoms with Crippen molar-refractivity contribution in [2.45, 2.75) is 19.2 Å². The Kier molecular flexibility index (Phi) is 4.60. The number of nitrogens with zero attached hydrogens (tertiary/aromatic N) is 2. The normalized spacial score (nSPS) is 14.4. The molecule has 9 heteroatoms. The smallest absolute Gasteiger partial charge is 0.376 e. The summed E-state index contributed by atoms with van der Waals surface area (Å²) in [6.45, 7) is 0.939. The molecule has 1 aromatic carbocycles. The minimum atomic E-state index is -4.42. The molecule has 0 spiro atoms. The van der Waals surface area contributed by atoms with E-state index in [2.05, 4.69) is 15.1 Å². The lowest BCUT2D eigenvalue weighted by atomic mass is 10.1. The second-order valence-corrected chi connectivity index (χ2v) is 6.23. The van der Waals surface area contributed by atoms with Crippen molar-refractivity contribution in [2.75, 3.05) is 6.61 Å². The van der Waals surface area contributed by atoms with E-state index < -0.39 is 11.7 Å². The third-order valence-electron chi connectivity index (χ3n) is 4.28. The monoisotopic (exact) mass is 389 g/mol. The van der Waals surface area contributed by atoms with Crippen LogP contribution in [0.5, 0.6) is 0 Å². The van der Waals surface area contributed by atoms with Crippen molar-refractivity contribution in [1.29, 1.82) is 0 Å². The Morgan fingerprint density at radius 1 is 1.18 bits per heavy atom. The maximum Gasteiger partial charge on any atom is 0.416 e. The van der Waals surface area contributed by atoms with Crippen LogP contribution < -0.4 is 5.56 Å². The van der Waals surface area contributed by atoms with Gasteiger partial charge in [0.15, 0.2) is 0 Å². The fraction of sp³-hybridized carbons (Fsp3) is 0.211. The summed E-state index contributed by atoms with van der Waals surface area (Å²) < 4.78 is 48.8. The number of aromatic amines is 1. The highest BCUT2D eigenvalue weighted by Gasteiger charge is 2.30. The number of fused-ring (bicyclic) bond motifs is 1. The van der Waals surface area contributed by atoms with Gasteiger partial charge in [-0.1, -0.05) is 17.3 Å². The molecule has 0 fully saturated rings. The average molecular weight is 389 g/mol. The van der Waals surface area contributed by atoms with Gasteiger partial charge in [0.2, 0.25) is 5.82 Å². The van der Waals surface area contributed by atoms with Crippen LogP contribution in [0.15, 0.2) is 39.6 Å². The van der Waals surface area contributed by atoms with Gasteiger partial charge in [-0.3, -0.25) is 4.79 Å². The minimum absolute atomic E-state index is 0.0702. The van der Waals surface area contributed by atoms with Crippen molar-refractivity contribution in [2.24, 2.45) is 0 Å². The lowest BCUT2D eigenvalue weighted by molar-refractivity contribution is -0.137. The molecule has 0 saturated heterocycles. The zero-order valence-corrected chi connectivity index (χ0v) is 14.4. The molecule has 0 unspecified atom stereocenters. The number of nitrogens with one attached hydrogen (secondary N) is 1. The van der Waals surface area contributed by atoms with Crippen LogP contribution in [-0.2, 0) is 23.9 Å². The number of pyridine rings is 1. The van der Waals surface area contributed by atoms with Gasteiger partial charge in [-0.05, 0) is 35.4 Å². The van der Waals surface area contributed by atoms with Crippen LogP contribution in [0.3, 0.4) is 0 Å². The Hall–Kier alpha value is -3.20. The molecule has 1 aliphatic rings. The highest BCUT2D eigenvalue weighted by atomic mass is 19.4. The van der Waals surface area contributed by atoms with E-state index in [1.54, 1.807) is 6.07 Å². The standard InChI is InChI=1S/C19H14F3N3O3/c20-19(21,22)13-3-1-2-11(8-13)4-5-16-24-17(25-28-16)14-9-12-10-27-7-6-15(12)23-18(14)26/h1-5,8-9H,6-7,10H2,(H,23,26)/b5-4+. The van der Waals surface area contributed by atoms with Gasteiger partial charge in [-0.2, -0.15) is 18.2 Å². The molecule has 0 radical (unpaired) electrons. The molecule has 3 heterocycles. The molecule has 1 aliphatic heterocycles. The van der Waals surface area contributed by atoms with Gasteiger partial charge >= 0.3 is 6.18 Å². The third-order valence-corrected chi connectivity index (χ3v) is 4.28. The van der Waals surface area contributed by atoms with Crippen LogP contribution in [0.1, 0.15) is 28.3 Å². The molecular formula is C19H14F3N3O3. The van der Waals surface area contributed by atoms with Crippen molar-refractivity contribution < 1.29 is 22.4 Å². The van der Waals surface area contributed by atoms with E-state index in [0.717, 1.165) is 23.4 Å². The van der Waals surface area contributed by atoms with E-state index in [1.165, 1.54) is 24.3 Å². The van der Waals surface area contributed by atoms with Gasteiger partial charge in [-0.15, -0.1) is 0 Å². The van der Waals surface area contributed by atoms with Crippen molar-refractivity contribution in [3.63, 3.8) is 0 Å². The number of hydrogen-bond acceptors (Lipinski definition) is 5. The van der Waals surface area contributed by atoms with E-state index in [-0.39, 0.29) is 22.8 Å². The lowest BCUT2D eigenvalue weighted by Crippen LogP contribution is -2.19. The predicted octanol–water partition coefficient (Wildman–Crippen LogP) is 3.69. The first-order chi connectivity index (χ1) is 13.4. The molecular weight excluding hydrogens is 375 g/mol. The van der Waals surface area contributed by atoms with Crippen molar-refractivity contribution in [3.8, 4) is 11.4 Å². The number of rotatable bonds is 3. The lowest BCUT2D eigenvalue weighted by Gasteiger charge is -2.15. The molecule has 0 saturated carbocycles. The van der Waals surface area contributed by atoms with Crippen LogP contribution in [0, 0.1) is 0 Å². The quantitative estimate of drug-likeness (QED) is 0.739. The summed E-state index contributed by atoms with van der Waals surface area (Å²) in [5, 5.41) is 3.79. The summed E-state index contributed by atoms with van der Waals surface area (Å²) in [7, 11) is 0. The van der Waals surface area contributed by atoms with Crippen LogP contribution in [0.2, 0.25) is 0 Å². The van der Waals surface area contributed by atoms with Gasteiger partial charge in [0.05, 0.1) is 24.3 Å². The van der Waals surface area contributed by atoms with Crippen LogP contribution in [0.4, 0.5) is 13.2 Å². The SMILES string of the molecule is O=c1[nH]c2c(cc1-c1noc(/C=C/c3cccc(C(F)(F)F)c3)n1)COCC2. The molecule has 144 valence electrons. The fourth-order valence-electron chi connectivity index (χ4n) is 2.88. The molecule has 0 bridgehead atoms. The van der Waals surface area contributed by atoms with E-state index >= 15 is 0 Å². The second kappa shape index (κ2) is 7.08. The third kappa shape index (κ3) is 3.74. The van der Waals surface area contributed by atoms with Crippen LogP contribution in [-0.4, -0.2) is 21.7 Å². The number of hydrogen-bond donors (Lipinski definition) is 1. The highest BCUT2D eigenvalue weighted by molar-refractivity contribution is 5.67. The van der Waals surface area contributed by atoms with E-state index in [1.807, 2.05) is 0 Å². The number of aromatic nitrogens is 3. The number of ether oxygens (including phenoxy) is 1. The predicted molar refractivity (Wildman–Crippen MR) is 94.1 cm³/mol. The first-order valence-electron chi connectivity index (χ1n) is 8.42. The summed E-state index contributed by atoms with van der Waals surface area (Å²) >= 11 is 0. The molecule has 0 atom stereocenters. The number of H-pyrrole nitrogens is 1. The summed E-state index contributed by atoms with van der Waals surface area (Å²) in [5.74, 6) is 0.166. The summed E-state index contributed by atoms with van der Waals surface area (Å²) in [5.41, 5.74) is 1.17. The molecule has 3 aromatic rings. The molecule has 4 rings (SSSR count). The molecule has 0 amide bonds. The summed E-state index contributed by atoms with van der Waals surface area (Å²) in [6.07, 6.45) is -0.972. The zero-order valence-electron chi connectivity index (χ0n) is 14.4. The highest BCUT2D eigenvalue weighted by Crippen LogP contribution is 2.30. The van der Waals surface area contributed by atoms with Crippen LogP contribution >= 0.6 is 0 Å². The van der Waals surface area contributed by atoms with Crippen LogP contribution in [0.25, 0.3) is 23.5 Å². The summed E-state index contributed by atoms with van der Waals surface area (Å²) in [6, 6.07) is 6.52. The average Bonchev–Trinajstić information content (AvgIpc) is 3.14. The minimum Gasteiger partial charge on any atom is -0.376 e. The van der Waals surface area contributed by atoms with Crippen molar-refractivity contribution >= 4 is 12.2 Å². The first kappa shape index (κ1) is 18.2. The second-order valence-electron chi connectivity index (χ2n) is 6.23. The van der Waals surface area contributed by atoms with Gasteiger partial charge in [-0.25, -0.2) is 0 Å². The largest absolute Gasteiger partial charge is 0.416 e. The van der Waals surface area contributed by atoms with Gasteiger partial charge in [0.25, 0.3) is 11.4 Å². The first-order valence-corrected chi connectivity index (χ1v) is 8.42. The topological polar surface area (TPSA) is 81.0 Å². The molecule has 2 aromatic heterocycles. The maximum atomic E-state index is 12.8. The Bertz CT molecular complexity index is 1100. The Balaban J connectivity index is 1.59. The number of alkyl halides is 3. The number of benzene rings is 1. The molecule has 1 N–H and O–H groups in total. The molecule has 6 nitrogen and oxygen atoms in total. The van der Waals surface area contributed by atoms with Crippen molar-refractivity contribution in [1.82, 2.24) is 15.1 Å². The number of halogens is 3. The Morgan fingerprint density at radius 3 is 2.86 bits per heavy atom. The Morgan fingerprint density at radius 2 is 2.04 bits per heavy atom. The van der Waals surface area contributed by atoms with E-state index in [0.29, 0.717) is 25.2 Å². The summed E-state index contributed by atoms with van der Waals surface area (Å²) in [4.78, 5) is 19.2. The fourth-order valence-corrected chi connectivity index (χ4v) is 2.88. The van der Waals surface area contributed by atoms with E-state index in [4.69, 9.17) is 9.26 Å². The van der Waals surface area contributed by atoms with Gasteiger partial charge in [0.1, 0.15) is 0 Å². The maximum absolute atomic E-state index is 12.8. The molecule has 0 aliphatic carbocycles. The van der Waals surface area contributed by atoms with Crippen molar-refractivity contribution in [3.05, 3.63) is 69.0 Å². The Labute approximate surface area is 156 Å².